The molecule has 3 N–H and O–H groups in total. The van der Waals surface area contributed by atoms with Gasteiger partial charge in [0.25, 0.3) is 0 Å². The molecule has 8 atom stereocenters. The Morgan fingerprint density at radius 3 is 2.50 bits per heavy atom. The first-order chi connectivity index (χ1) is 12.0. The molecular formula is C19H30O6S. The fourth-order valence-electron chi connectivity index (χ4n) is 6.84. The van der Waals surface area contributed by atoms with Crippen LogP contribution in [-0.4, -0.2) is 41.5 Å². The van der Waals surface area contributed by atoms with Gasteiger partial charge >= 0.3 is 10.4 Å². The number of aliphatic hydroxyl groups excluding tert-OH is 2. The minimum Gasteiger partial charge on any atom is -0.393 e. The second-order valence-electron chi connectivity index (χ2n) is 9.42. The molecule has 148 valence electrons. The molecule has 0 aromatic rings. The van der Waals surface area contributed by atoms with Gasteiger partial charge in [0.2, 0.25) is 0 Å². The monoisotopic (exact) mass is 386 g/mol. The predicted octanol–water partition coefficient (Wildman–Crippen LogP) is 2.47. The van der Waals surface area contributed by atoms with E-state index in [2.05, 4.69) is 13.8 Å². The summed E-state index contributed by atoms with van der Waals surface area (Å²) < 4.78 is 35.9. The first-order valence-electron chi connectivity index (χ1n) is 9.77. The van der Waals surface area contributed by atoms with Crippen LogP contribution in [0.15, 0.2) is 11.6 Å². The Kier molecular flexibility index (Phi) is 4.36. The molecule has 3 fully saturated rings. The van der Waals surface area contributed by atoms with Gasteiger partial charge < -0.3 is 10.2 Å². The van der Waals surface area contributed by atoms with Gasteiger partial charge in [-0.2, -0.15) is 8.42 Å². The van der Waals surface area contributed by atoms with Crippen molar-refractivity contribution < 1.29 is 27.4 Å². The maximum absolute atomic E-state index is 11.1. The summed E-state index contributed by atoms with van der Waals surface area (Å²) in [5.41, 5.74) is 0.890. The van der Waals surface area contributed by atoms with E-state index >= 15 is 0 Å². The van der Waals surface area contributed by atoms with Crippen molar-refractivity contribution in [2.24, 2.45) is 28.6 Å². The van der Waals surface area contributed by atoms with Crippen LogP contribution in [0.3, 0.4) is 0 Å². The lowest BCUT2D eigenvalue weighted by molar-refractivity contribution is -0.105. The molecule has 0 aromatic carbocycles. The standard InChI is InChI=1S/C19H30O6S/c1-18-7-5-12(25-26(22,23)24)9-11(18)10-15(20)17-13-3-4-16(21)19(13,2)8-6-14(17)18/h10,12-17,20-21H,3-9H2,1-2H3,(H,22,23,24)/t12-,13-,14-,15+,16-,17-,18-,19-/m0/s1. The van der Waals surface area contributed by atoms with E-state index < -0.39 is 22.6 Å². The van der Waals surface area contributed by atoms with Crippen LogP contribution in [0.2, 0.25) is 0 Å². The molecule has 0 aliphatic heterocycles. The maximum Gasteiger partial charge on any atom is 0.397 e. The lowest BCUT2D eigenvalue weighted by Gasteiger charge is -2.58. The van der Waals surface area contributed by atoms with Crippen molar-refractivity contribution in [3.63, 3.8) is 0 Å². The van der Waals surface area contributed by atoms with Crippen molar-refractivity contribution in [2.45, 2.75) is 77.1 Å². The smallest absolute Gasteiger partial charge is 0.393 e. The van der Waals surface area contributed by atoms with E-state index in [1.165, 1.54) is 0 Å². The Bertz CT molecular complexity index is 718. The molecule has 0 radical (unpaired) electrons. The minimum atomic E-state index is -4.46. The van der Waals surface area contributed by atoms with Crippen molar-refractivity contribution in [1.29, 1.82) is 0 Å². The largest absolute Gasteiger partial charge is 0.397 e. The lowest BCUT2D eigenvalue weighted by atomic mass is 9.47. The van der Waals surface area contributed by atoms with E-state index in [9.17, 15) is 18.6 Å². The molecule has 0 heterocycles. The summed E-state index contributed by atoms with van der Waals surface area (Å²) >= 11 is 0. The van der Waals surface area contributed by atoms with Gasteiger partial charge in [0.05, 0.1) is 18.3 Å². The Balaban J connectivity index is 1.64. The normalized spacial score (nSPS) is 51.2. The van der Waals surface area contributed by atoms with Gasteiger partial charge in [-0.15, -0.1) is 0 Å². The van der Waals surface area contributed by atoms with Gasteiger partial charge in [-0.05, 0) is 73.5 Å². The molecule has 4 aliphatic rings. The predicted molar refractivity (Wildman–Crippen MR) is 95.5 cm³/mol. The molecule has 3 saturated carbocycles. The first-order valence-corrected chi connectivity index (χ1v) is 11.1. The number of aliphatic hydroxyl groups is 2. The molecule has 0 aromatic heterocycles. The third-order valence-corrected chi connectivity index (χ3v) is 8.81. The van der Waals surface area contributed by atoms with E-state index in [-0.39, 0.29) is 22.9 Å². The molecule has 4 rings (SSSR count). The van der Waals surface area contributed by atoms with Crippen LogP contribution >= 0.6 is 0 Å². The summed E-state index contributed by atoms with van der Waals surface area (Å²) in [4.78, 5) is 0. The zero-order valence-electron chi connectivity index (χ0n) is 15.5. The minimum absolute atomic E-state index is 0.0716. The summed E-state index contributed by atoms with van der Waals surface area (Å²) in [7, 11) is -4.46. The van der Waals surface area contributed by atoms with Crippen LogP contribution in [0.25, 0.3) is 0 Å². The molecule has 6 nitrogen and oxygen atoms in total. The number of hydrogen-bond donors (Lipinski definition) is 3. The van der Waals surface area contributed by atoms with E-state index in [4.69, 9.17) is 8.74 Å². The number of fused-ring (bicyclic) bond motifs is 5. The molecule has 7 heteroatoms. The summed E-state index contributed by atoms with van der Waals surface area (Å²) in [6.07, 6.45) is 6.03. The van der Waals surface area contributed by atoms with Gasteiger partial charge in [0, 0.05) is 0 Å². The van der Waals surface area contributed by atoms with E-state index in [0.717, 1.165) is 37.7 Å². The van der Waals surface area contributed by atoms with E-state index in [0.29, 0.717) is 24.7 Å². The zero-order chi connectivity index (χ0) is 18.9. The molecule has 0 unspecified atom stereocenters. The lowest BCUT2D eigenvalue weighted by Crippen LogP contribution is -2.55. The second kappa shape index (κ2) is 6.01. The number of rotatable bonds is 2. The maximum atomic E-state index is 11.1. The van der Waals surface area contributed by atoms with Crippen molar-refractivity contribution in [2.75, 3.05) is 0 Å². The summed E-state index contributed by atoms with van der Waals surface area (Å²) in [5, 5.41) is 21.5. The molecule has 0 bridgehead atoms. The van der Waals surface area contributed by atoms with Gasteiger partial charge in [-0.3, -0.25) is 4.55 Å². The van der Waals surface area contributed by atoms with Crippen LogP contribution in [0, 0.1) is 28.6 Å². The van der Waals surface area contributed by atoms with Crippen molar-refractivity contribution in [3.05, 3.63) is 11.6 Å². The van der Waals surface area contributed by atoms with Crippen molar-refractivity contribution >= 4 is 10.4 Å². The highest BCUT2D eigenvalue weighted by atomic mass is 32.3. The molecular weight excluding hydrogens is 356 g/mol. The van der Waals surface area contributed by atoms with Gasteiger partial charge in [-0.1, -0.05) is 25.5 Å². The quantitative estimate of drug-likeness (QED) is 0.497. The van der Waals surface area contributed by atoms with Crippen LogP contribution in [-0.2, 0) is 14.6 Å². The third kappa shape index (κ3) is 2.78. The molecule has 0 spiro atoms. The van der Waals surface area contributed by atoms with Gasteiger partial charge in [0.1, 0.15) is 0 Å². The van der Waals surface area contributed by atoms with Crippen LogP contribution in [0.5, 0.6) is 0 Å². The Morgan fingerprint density at radius 2 is 1.81 bits per heavy atom. The van der Waals surface area contributed by atoms with Gasteiger partial charge in [0.15, 0.2) is 0 Å². The SMILES string of the molecule is C[C@]12CC[C@H]3[C@@H]([C@H](O)C=C4C[C@@H](OS(=O)(=O)O)CC[C@@]43C)[C@@H]1CC[C@@H]2O. The Hall–Kier alpha value is -0.470. The average molecular weight is 387 g/mol. The Labute approximate surface area is 155 Å². The Morgan fingerprint density at radius 1 is 1.08 bits per heavy atom. The summed E-state index contributed by atoms with van der Waals surface area (Å²) in [6.45, 7) is 4.41. The first kappa shape index (κ1) is 18.9. The van der Waals surface area contributed by atoms with E-state index in [1.807, 2.05) is 6.08 Å². The van der Waals surface area contributed by atoms with Crippen LogP contribution in [0.1, 0.15) is 58.8 Å². The highest BCUT2D eigenvalue weighted by Crippen LogP contribution is 2.64. The van der Waals surface area contributed by atoms with Crippen molar-refractivity contribution in [1.82, 2.24) is 0 Å². The fraction of sp³-hybridized carbons (Fsp3) is 0.895. The molecule has 26 heavy (non-hydrogen) atoms. The summed E-state index contributed by atoms with van der Waals surface area (Å²) in [5.74, 6) is 0.818. The average Bonchev–Trinajstić information content (AvgIpc) is 2.83. The van der Waals surface area contributed by atoms with E-state index in [1.54, 1.807) is 0 Å². The number of hydrogen-bond acceptors (Lipinski definition) is 5. The molecule has 4 aliphatic carbocycles. The van der Waals surface area contributed by atoms with Crippen LogP contribution < -0.4 is 0 Å². The second-order valence-corrected chi connectivity index (χ2v) is 10.5. The highest BCUT2D eigenvalue weighted by Gasteiger charge is 2.60. The van der Waals surface area contributed by atoms with Crippen LogP contribution in [0.4, 0.5) is 0 Å². The highest BCUT2D eigenvalue weighted by molar-refractivity contribution is 7.80. The topological polar surface area (TPSA) is 104 Å². The molecule has 0 amide bonds. The molecule has 0 saturated heterocycles. The zero-order valence-corrected chi connectivity index (χ0v) is 16.3. The fourth-order valence-corrected chi connectivity index (χ4v) is 7.35. The van der Waals surface area contributed by atoms with Crippen molar-refractivity contribution in [3.8, 4) is 0 Å². The summed E-state index contributed by atoms with van der Waals surface area (Å²) in [6, 6.07) is 0. The third-order valence-electron chi connectivity index (χ3n) is 8.29. The van der Waals surface area contributed by atoms with Gasteiger partial charge in [-0.25, -0.2) is 4.18 Å².